The Bertz CT molecular complexity index is 259. The third-order valence-electron chi connectivity index (χ3n) is 2.93. The lowest BCUT2D eigenvalue weighted by Gasteiger charge is -2.20. The van der Waals surface area contributed by atoms with Gasteiger partial charge in [0.25, 0.3) is 0 Å². The van der Waals surface area contributed by atoms with E-state index in [1.54, 1.807) is 12.4 Å². The number of nitrogens with two attached hydrogens (primary N) is 1. The minimum absolute atomic E-state index is 0.186. The molecule has 1 heterocycles. The molecule has 0 saturated heterocycles. The van der Waals surface area contributed by atoms with E-state index in [1.165, 1.54) is 12.8 Å². The van der Waals surface area contributed by atoms with Gasteiger partial charge in [0.15, 0.2) is 0 Å². The van der Waals surface area contributed by atoms with Crippen molar-refractivity contribution in [2.75, 3.05) is 0 Å². The van der Waals surface area contributed by atoms with Crippen LogP contribution >= 0.6 is 0 Å². The molecule has 15 heavy (non-hydrogen) atoms. The first-order valence-electron chi connectivity index (χ1n) is 5.54. The Labute approximate surface area is 91.3 Å². The molecule has 0 aromatic carbocycles. The summed E-state index contributed by atoms with van der Waals surface area (Å²) in [6, 6.07) is 2.14. The van der Waals surface area contributed by atoms with Crippen molar-refractivity contribution >= 4 is 0 Å². The van der Waals surface area contributed by atoms with Crippen molar-refractivity contribution in [3.63, 3.8) is 0 Å². The molecule has 0 radical (unpaired) electrons. The number of hydrogen-bond donors (Lipinski definition) is 2. The summed E-state index contributed by atoms with van der Waals surface area (Å²) in [5.74, 6) is 6.27. The number of rotatable bonds is 6. The van der Waals surface area contributed by atoms with E-state index in [0.29, 0.717) is 5.92 Å². The summed E-state index contributed by atoms with van der Waals surface area (Å²) in [4.78, 5) is 0. The van der Waals surface area contributed by atoms with E-state index in [2.05, 4.69) is 29.5 Å². The van der Waals surface area contributed by atoms with E-state index in [1.807, 2.05) is 6.07 Å². The number of nitrogens with one attached hydrogen (secondary N) is 1. The average molecular weight is 208 g/mol. The van der Waals surface area contributed by atoms with Crippen molar-refractivity contribution in [1.29, 1.82) is 0 Å². The lowest BCUT2D eigenvalue weighted by molar-refractivity contribution is 0.374. The highest BCUT2D eigenvalue weighted by molar-refractivity contribution is 5.11. The second-order valence-corrected chi connectivity index (χ2v) is 3.81. The van der Waals surface area contributed by atoms with Crippen LogP contribution in [-0.2, 0) is 0 Å². The van der Waals surface area contributed by atoms with Crippen LogP contribution < -0.4 is 11.3 Å². The second kappa shape index (κ2) is 6.48. The number of hydrogen-bond acceptors (Lipinski definition) is 4. The minimum atomic E-state index is 0.186. The molecule has 0 aliphatic rings. The maximum Gasteiger partial charge on any atom is 0.0544 e. The molecule has 0 spiro atoms. The van der Waals surface area contributed by atoms with Gasteiger partial charge in [0.1, 0.15) is 0 Å². The minimum Gasteiger partial charge on any atom is -0.271 e. The van der Waals surface area contributed by atoms with Gasteiger partial charge in [0, 0.05) is 12.2 Å². The summed E-state index contributed by atoms with van der Waals surface area (Å²) in [6.07, 6.45) is 6.90. The van der Waals surface area contributed by atoms with Crippen LogP contribution in [0.25, 0.3) is 0 Å². The maximum absolute atomic E-state index is 5.56. The molecule has 1 unspecified atom stereocenters. The van der Waals surface area contributed by atoms with Gasteiger partial charge in [-0.25, -0.2) is 0 Å². The Hall–Kier alpha value is -1.00. The zero-order valence-electron chi connectivity index (χ0n) is 9.48. The molecule has 1 aromatic rings. The summed E-state index contributed by atoms with van der Waals surface area (Å²) in [5, 5.41) is 7.63. The summed E-state index contributed by atoms with van der Waals surface area (Å²) >= 11 is 0. The molecule has 0 aliphatic carbocycles. The molecule has 0 aliphatic heterocycles. The van der Waals surface area contributed by atoms with Crippen molar-refractivity contribution < 1.29 is 0 Å². The molecule has 0 bridgehead atoms. The first-order chi connectivity index (χ1) is 7.31. The van der Waals surface area contributed by atoms with Crippen LogP contribution in [-0.4, -0.2) is 10.2 Å². The van der Waals surface area contributed by atoms with Crippen molar-refractivity contribution in [2.24, 2.45) is 11.8 Å². The van der Waals surface area contributed by atoms with Crippen molar-refractivity contribution in [3.05, 3.63) is 24.0 Å². The predicted octanol–water partition coefficient (Wildman–Crippen LogP) is 1.81. The average Bonchev–Trinajstić information content (AvgIpc) is 2.32. The topological polar surface area (TPSA) is 63.8 Å². The summed E-state index contributed by atoms with van der Waals surface area (Å²) in [6.45, 7) is 4.43. The van der Waals surface area contributed by atoms with Crippen LogP contribution in [0.1, 0.15) is 44.7 Å². The molecular weight excluding hydrogens is 188 g/mol. The van der Waals surface area contributed by atoms with Crippen LogP contribution in [0.2, 0.25) is 0 Å². The van der Waals surface area contributed by atoms with Gasteiger partial charge < -0.3 is 0 Å². The van der Waals surface area contributed by atoms with Crippen LogP contribution in [0.4, 0.5) is 0 Å². The quantitative estimate of drug-likeness (QED) is 0.553. The second-order valence-electron chi connectivity index (χ2n) is 3.81. The lowest BCUT2D eigenvalue weighted by atomic mass is 9.92. The van der Waals surface area contributed by atoms with Crippen molar-refractivity contribution in [3.8, 4) is 0 Å². The van der Waals surface area contributed by atoms with Crippen LogP contribution in [0.15, 0.2) is 18.5 Å². The highest BCUT2D eigenvalue weighted by Crippen LogP contribution is 2.23. The van der Waals surface area contributed by atoms with E-state index in [0.717, 1.165) is 12.0 Å². The van der Waals surface area contributed by atoms with Gasteiger partial charge >= 0.3 is 0 Å². The van der Waals surface area contributed by atoms with Gasteiger partial charge in [-0.2, -0.15) is 10.2 Å². The van der Waals surface area contributed by atoms with E-state index < -0.39 is 0 Å². The Morgan fingerprint density at radius 1 is 1.33 bits per heavy atom. The molecule has 4 nitrogen and oxygen atoms in total. The maximum atomic E-state index is 5.56. The standard InChI is InChI=1S/C11H20N4/c1-3-9(4-2)7-11(15-12)10-5-6-13-14-8-10/h5-6,8-9,11,15H,3-4,7,12H2,1-2H3. The predicted molar refractivity (Wildman–Crippen MR) is 60.8 cm³/mol. The van der Waals surface area contributed by atoms with Crippen LogP contribution in [0.5, 0.6) is 0 Å². The summed E-state index contributed by atoms with van der Waals surface area (Å²) in [5.41, 5.74) is 3.96. The molecule has 84 valence electrons. The van der Waals surface area contributed by atoms with Gasteiger partial charge in [-0.1, -0.05) is 26.7 Å². The van der Waals surface area contributed by atoms with Gasteiger partial charge in [-0.15, -0.1) is 0 Å². The summed E-state index contributed by atoms with van der Waals surface area (Å²) < 4.78 is 0. The van der Waals surface area contributed by atoms with E-state index >= 15 is 0 Å². The van der Waals surface area contributed by atoms with Gasteiger partial charge in [-0.3, -0.25) is 11.3 Å². The number of nitrogens with zero attached hydrogens (tertiary/aromatic N) is 2. The van der Waals surface area contributed by atoms with Gasteiger partial charge in [-0.05, 0) is 24.0 Å². The van der Waals surface area contributed by atoms with E-state index in [9.17, 15) is 0 Å². The molecule has 3 N–H and O–H groups in total. The molecule has 4 heteroatoms. The van der Waals surface area contributed by atoms with Crippen molar-refractivity contribution in [2.45, 2.75) is 39.2 Å². The number of hydrazine groups is 1. The molecular formula is C11H20N4. The fourth-order valence-electron chi connectivity index (χ4n) is 1.76. The molecule has 1 atom stereocenters. The zero-order chi connectivity index (χ0) is 11.1. The zero-order valence-corrected chi connectivity index (χ0v) is 9.48. The Balaban J connectivity index is 2.64. The Morgan fingerprint density at radius 3 is 2.53 bits per heavy atom. The molecule has 1 aromatic heterocycles. The van der Waals surface area contributed by atoms with Crippen molar-refractivity contribution in [1.82, 2.24) is 15.6 Å². The van der Waals surface area contributed by atoms with Gasteiger partial charge in [0.2, 0.25) is 0 Å². The first-order valence-corrected chi connectivity index (χ1v) is 5.54. The van der Waals surface area contributed by atoms with Crippen LogP contribution in [0.3, 0.4) is 0 Å². The van der Waals surface area contributed by atoms with Gasteiger partial charge in [0.05, 0.1) is 6.20 Å². The Morgan fingerprint density at radius 2 is 2.07 bits per heavy atom. The van der Waals surface area contributed by atoms with E-state index in [4.69, 9.17) is 5.84 Å². The third kappa shape index (κ3) is 3.57. The normalized spacial score (nSPS) is 13.1. The van der Waals surface area contributed by atoms with E-state index in [-0.39, 0.29) is 6.04 Å². The SMILES string of the molecule is CCC(CC)CC(NN)c1ccnnc1. The third-order valence-corrected chi connectivity index (χ3v) is 2.93. The first kappa shape index (κ1) is 12.1. The Kier molecular flexibility index (Phi) is 5.21. The number of aromatic nitrogens is 2. The fourth-order valence-corrected chi connectivity index (χ4v) is 1.76. The highest BCUT2D eigenvalue weighted by Gasteiger charge is 2.14. The molecule has 1 rings (SSSR count). The lowest BCUT2D eigenvalue weighted by Crippen LogP contribution is -2.29. The fraction of sp³-hybridized carbons (Fsp3) is 0.636. The van der Waals surface area contributed by atoms with Crippen LogP contribution in [0, 0.1) is 5.92 Å². The highest BCUT2D eigenvalue weighted by atomic mass is 15.2. The molecule has 0 fully saturated rings. The largest absolute Gasteiger partial charge is 0.271 e. The summed E-state index contributed by atoms with van der Waals surface area (Å²) in [7, 11) is 0. The smallest absolute Gasteiger partial charge is 0.0544 e. The molecule has 0 amide bonds. The molecule has 0 saturated carbocycles. The monoisotopic (exact) mass is 208 g/mol.